The predicted molar refractivity (Wildman–Crippen MR) is 79.6 cm³/mol. The van der Waals surface area contributed by atoms with E-state index in [-0.39, 0.29) is 0 Å². The fourth-order valence-corrected chi connectivity index (χ4v) is 2.91. The standard InChI is InChI=1S/C13H24N4S/c1-6-14-12-11(10(2)3)13(16-9-15-12)18-8-7-17(4)5/h9-10H,6-8H2,1-5H3,(H,14,15,16). The van der Waals surface area contributed by atoms with Gasteiger partial charge in [-0.3, -0.25) is 0 Å². The molecule has 1 heterocycles. The number of hydrogen-bond donors (Lipinski definition) is 1. The van der Waals surface area contributed by atoms with E-state index in [1.807, 2.05) is 11.8 Å². The van der Waals surface area contributed by atoms with E-state index in [0.717, 1.165) is 29.7 Å². The van der Waals surface area contributed by atoms with Gasteiger partial charge < -0.3 is 10.2 Å². The van der Waals surface area contributed by atoms with Crippen LogP contribution in [0, 0.1) is 0 Å². The van der Waals surface area contributed by atoms with Gasteiger partial charge in [-0.15, -0.1) is 11.8 Å². The molecule has 0 radical (unpaired) electrons. The molecule has 0 fully saturated rings. The summed E-state index contributed by atoms with van der Waals surface area (Å²) in [5.74, 6) is 2.46. The number of aromatic nitrogens is 2. The number of nitrogens with zero attached hydrogens (tertiary/aromatic N) is 3. The molecule has 0 saturated carbocycles. The van der Waals surface area contributed by atoms with Crippen molar-refractivity contribution >= 4 is 17.6 Å². The maximum atomic E-state index is 4.43. The van der Waals surface area contributed by atoms with Crippen LogP contribution in [0.3, 0.4) is 0 Å². The van der Waals surface area contributed by atoms with Gasteiger partial charge in [-0.2, -0.15) is 0 Å². The van der Waals surface area contributed by atoms with Gasteiger partial charge in [0.1, 0.15) is 17.2 Å². The monoisotopic (exact) mass is 268 g/mol. The highest BCUT2D eigenvalue weighted by Crippen LogP contribution is 2.31. The Morgan fingerprint density at radius 1 is 1.33 bits per heavy atom. The summed E-state index contributed by atoms with van der Waals surface area (Å²) in [7, 11) is 4.18. The van der Waals surface area contributed by atoms with Gasteiger partial charge in [0.25, 0.3) is 0 Å². The van der Waals surface area contributed by atoms with Crippen LogP contribution in [-0.4, -0.2) is 47.8 Å². The summed E-state index contributed by atoms with van der Waals surface area (Å²) in [5.41, 5.74) is 1.24. The maximum Gasteiger partial charge on any atom is 0.133 e. The molecule has 0 aliphatic carbocycles. The summed E-state index contributed by atoms with van der Waals surface area (Å²) in [6.45, 7) is 8.41. The number of thioether (sulfide) groups is 1. The average Bonchev–Trinajstić information content (AvgIpc) is 2.28. The van der Waals surface area contributed by atoms with E-state index in [1.54, 1.807) is 6.33 Å². The van der Waals surface area contributed by atoms with Gasteiger partial charge in [0.2, 0.25) is 0 Å². The van der Waals surface area contributed by atoms with Gasteiger partial charge in [-0.05, 0) is 26.9 Å². The van der Waals surface area contributed by atoms with Crippen LogP contribution < -0.4 is 5.32 Å². The molecule has 0 aliphatic heterocycles. The lowest BCUT2D eigenvalue weighted by Crippen LogP contribution is -2.15. The minimum Gasteiger partial charge on any atom is -0.370 e. The van der Waals surface area contributed by atoms with Gasteiger partial charge in [0.05, 0.1) is 0 Å². The Morgan fingerprint density at radius 2 is 2.06 bits per heavy atom. The lowest BCUT2D eigenvalue weighted by molar-refractivity contribution is 0.437. The highest BCUT2D eigenvalue weighted by atomic mass is 32.2. The van der Waals surface area contributed by atoms with Crippen LogP contribution in [0.15, 0.2) is 11.4 Å². The SMILES string of the molecule is CCNc1ncnc(SCCN(C)C)c1C(C)C. The van der Waals surface area contributed by atoms with Crippen molar-refractivity contribution < 1.29 is 0 Å². The molecular formula is C13H24N4S. The first-order chi connectivity index (χ1) is 8.56. The first-order valence-electron chi connectivity index (χ1n) is 6.42. The van der Waals surface area contributed by atoms with Crippen molar-refractivity contribution in [2.24, 2.45) is 0 Å². The molecule has 4 nitrogen and oxygen atoms in total. The molecule has 0 aromatic carbocycles. The van der Waals surface area contributed by atoms with E-state index < -0.39 is 0 Å². The van der Waals surface area contributed by atoms with Gasteiger partial charge >= 0.3 is 0 Å². The van der Waals surface area contributed by atoms with E-state index in [4.69, 9.17) is 0 Å². The summed E-state index contributed by atoms with van der Waals surface area (Å²) in [6.07, 6.45) is 1.65. The zero-order valence-electron chi connectivity index (χ0n) is 12.0. The van der Waals surface area contributed by atoms with Crippen molar-refractivity contribution in [2.45, 2.75) is 31.7 Å². The minimum absolute atomic E-state index is 0.433. The first kappa shape index (κ1) is 15.2. The zero-order valence-corrected chi connectivity index (χ0v) is 12.8. The van der Waals surface area contributed by atoms with Crippen molar-refractivity contribution in [1.29, 1.82) is 0 Å². The van der Waals surface area contributed by atoms with Crippen molar-refractivity contribution in [3.05, 3.63) is 11.9 Å². The van der Waals surface area contributed by atoms with E-state index in [2.05, 4.69) is 55.1 Å². The smallest absolute Gasteiger partial charge is 0.133 e. The van der Waals surface area contributed by atoms with Crippen molar-refractivity contribution in [3.63, 3.8) is 0 Å². The molecular weight excluding hydrogens is 244 g/mol. The molecule has 1 N–H and O–H groups in total. The summed E-state index contributed by atoms with van der Waals surface area (Å²) >= 11 is 1.81. The number of hydrogen-bond acceptors (Lipinski definition) is 5. The molecule has 0 spiro atoms. The normalized spacial score (nSPS) is 11.3. The van der Waals surface area contributed by atoms with Gasteiger partial charge in [-0.1, -0.05) is 13.8 Å². The molecule has 0 amide bonds. The first-order valence-corrected chi connectivity index (χ1v) is 7.41. The second-order valence-electron chi connectivity index (χ2n) is 4.78. The highest BCUT2D eigenvalue weighted by Gasteiger charge is 2.14. The predicted octanol–water partition coefficient (Wildman–Crippen LogP) is 2.69. The van der Waals surface area contributed by atoms with E-state index in [9.17, 15) is 0 Å². The lowest BCUT2D eigenvalue weighted by Gasteiger charge is -2.16. The molecule has 5 heteroatoms. The topological polar surface area (TPSA) is 41.1 Å². The van der Waals surface area contributed by atoms with Crippen LogP contribution in [-0.2, 0) is 0 Å². The molecule has 1 aromatic heterocycles. The fourth-order valence-electron chi connectivity index (χ4n) is 1.65. The largest absolute Gasteiger partial charge is 0.370 e. The molecule has 0 unspecified atom stereocenters. The Kier molecular flexibility index (Phi) is 6.43. The lowest BCUT2D eigenvalue weighted by atomic mass is 10.1. The Morgan fingerprint density at radius 3 is 2.61 bits per heavy atom. The quantitative estimate of drug-likeness (QED) is 0.608. The number of rotatable bonds is 7. The number of nitrogens with one attached hydrogen (secondary N) is 1. The zero-order chi connectivity index (χ0) is 13.5. The molecule has 1 aromatic rings. The third-order valence-corrected chi connectivity index (χ3v) is 3.53. The summed E-state index contributed by atoms with van der Waals surface area (Å²) in [6, 6.07) is 0. The van der Waals surface area contributed by atoms with Crippen LogP contribution in [0.5, 0.6) is 0 Å². The molecule has 0 atom stereocenters. The third-order valence-electron chi connectivity index (χ3n) is 2.55. The number of anilines is 1. The van der Waals surface area contributed by atoms with Crippen LogP contribution >= 0.6 is 11.8 Å². The third kappa shape index (κ3) is 4.46. The van der Waals surface area contributed by atoms with Crippen molar-refractivity contribution in [3.8, 4) is 0 Å². The van der Waals surface area contributed by atoms with E-state index in [1.165, 1.54) is 5.56 Å². The molecule has 18 heavy (non-hydrogen) atoms. The minimum atomic E-state index is 0.433. The van der Waals surface area contributed by atoms with Crippen LogP contribution in [0.2, 0.25) is 0 Å². The van der Waals surface area contributed by atoms with Crippen LogP contribution in [0.1, 0.15) is 32.3 Å². The fraction of sp³-hybridized carbons (Fsp3) is 0.692. The maximum absolute atomic E-state index is 4.43. The Bertz CT molecular complexity index is 366. The van der Waals surface area contributed by atoms with E-state index >= 15 is 0 Å². The molecule has 102 valence electrons. The van der Waals surface area contributed by atoms with Gasteiger partial charge in [0, 0.05) is 24.4 Å². The summed E-state index contributed by atoms with van der Waals surface area (Å²) in [5, 5.41) is 4.43. The van der Waals surface area contributed by atoms with E-state index in [0.29, 0.717) is 5.92 Å². The Balaban J connectivity index is 2.85. The average molecular weight is 268 g/mol. The summed E-state index contributed by atoms with van der Waals surface area (Å²) < 4.78 is 0. The van der Waals surface area contributed by atoms with Crippen LogP contribution in [0.4, 0.5) is 5.82 Å². The molecule has 0 aliphatic rings. The highest BCUT2D eigenvalue weighted by molar-refractivity contribution is 7.99. The molecule has 0 saturated heterocycles. The van der Waals surface area contributed by atoms with Crippen molar-refractivity contribution in [1.82, 2.24) is 14.9 Å². The second-order valence-corrected chi connectivity index (χ2v) is 5.86. The Labute approximate surface area is 115 Å². The van der Waals surface area contributed by atoms with Crippen molar-refractivity contribution in [2.75, 3.05) is 38.3 Å². The molecule has 0 bridgehead atoms. The Hall–Kier alpha value is -0.810. The van der Waals surface area contributed by atoms with Crippen LogP contribution in [0.25, 0.3) is 0 Å². The van der Waals surface area contributed by atoms with Gasteiger partial charge in [0.15, 0.2) is 0 Å². The second kappa shape index (κ2) is 7.59. The van der Waals surface area contributed by atoms with Gasteiger partial charge in [-0.25, -0.2) is 9.97 Å². The summed E-state index contributed by atoms with van der Waals surface area (Å²) in [4.78, 5) is 11.0. The molecule has 1 rings (SSSR count).